The maximum absolute atomic E-state index is 12.5. The number of alkyl halides is 3. The molecule has 0 bridgehead atoms. The molecule has 18 heavy (non-hydrogen) atoms. The molecule has 0 aliphatic rings. The van der Waals surface area contributed by atoms with Gasteiger partial charge in [-0.2, -0.15) is 18.3 Å². The van der Waals surface area contributed by atoms with E-state index in [1.54, 1.807) is 0 Å². The van der Waals surface area contributed by atoms with Gasteiger partial charge in [0.25, 0.3) is 5.91 Å². The quantitative estimate of drug-likeness (QED) is 0.838. The molecule has 0 aliphatic carbocycles. The zero-order valence-corrected chi connectivity index (χ0v) is 10.3. The number of aryl methyl sites for hydroxylation is 1. The lowest BCUT2D eigenvalue weighted by atomic mass is 10.3. The Morgan fingerprint density at radius 2 is 2.17 bits per heavy atom. The summed E-state index contributed by atoms with van der Waals surface area (Å²) in [5.74, 6) is 3.97. The monoisotopic (exact) mass is 279 g/mol. The second-order valence-electron chi connectivity index (χ2n) is 3.29. The molecule has 4 nitrogen and oxygen atoms in total. The molecular weight excluding hydrogens is 271 g/mol. The molecule has 0 aliphatic heterocycles. The van der Waals surface area contributed by atoms with Crippen molar-refractivity contribution in [1.29, 1.82) is 0 Å². The number of aromatic nitrogens is 2. The van der Waals surface area contributed by atoms with E-state index >= 15 is 0 Å². The zero-order valence-electron chi connectivity index (χ0n) is 9.52. The SMILES string of the molecule is CC#CC(=O)NCc1c(Cl)c(C(F)(F)F)nn1C. The topological polar surface area (TPSA) is 46.9 Å². The van der Waals surface area contributed by atoms with E-state index in [2.05, 4.69) is 22.3 Å². The van der Waals surface area contributed by atoms with Crippen LogP contribution in [0, 0.1) is 11.8 Å². The molecule has 1 aromatic rings. The van der Waals surface area contributed by atoms with E-state index in [9.17, 15) is 18.0 Å². The molecule has 1 N–H and O–H groups in total. The molecule has 0 spiro atoms. The molecular formula is C10H9ClF3N3O. The van der Waals surface area contributed by atoms with Crippen molar-refractivity contribution in [3.05, 3.63) is 16.4 Å². The number of rotatable bonds is 2. The smallest absolute Gasteiger partial charge is 0.340 e. The van der Waals surface area contributed by atoms with Crippen LogP contribution in [-0.2, 0) is 24.6 Å². The molecule has 0 unspecified atom stereocenters. The van der Waals surface area contributed by atoms with Gasteiger partial charge in [0.05, 0.1) is 17.3 Å². The Bertz CT molecular complexity index is 525. The van der Waals surface area contributed by atoms with Crippen LogP contribution in [-0.4, -0.2) is 15.7 Å². The van der Waals surface area contributed by atoms with Gasteiger partial charge in [0, 0.05) is 7.05 Å². The predicted molar refractivity (Wildman–Crippen MR) is 58.5 cm³/mol. The first-order chi connectivity index (χ1) is 8.27. The maximum Gasteiger partial charge on any atom is 0.436 e. The second-order valence-corrected chi connectivity index (χ2v) is 3.67. The molecule has 1 heterocycles. The molecule has 0 saturated heterocycles. The summed E-state index contributed by atoms with van der Waals surface area (Å²) in [5, 5.41) is 5.08. The summed E-state index contributed by atoms with van der Waals surface area (Å²) < 4.78 is 38.5. The van der Waals surface area contributed by atoms with Crippen LogP contribution >= 0.6 is 11.6 Å². The van der Waals surface area contributed by atoms with Crippen LogP contribution in [0.2, 0.25) is 5.02 Å². The fraction of sp³-hybridized carbons (Fsp3) is 0.400. The Morgan fingerprint density at radius 3 is 2.61 bits per heavy atom. The second kappa shape index (κ2) is 5.31. The average molecular weight is 280 g/mol. The highest BCUT2D eigenvalue weighted by Crippen LogP contribution is 2.35. The first-order valence-corrected chi connectivity index (χ1v) is 5.14. The van der Waals surface area contributed by atoms with Gasteiger partial charge in [-0.25, -0.2) is 0 Å². The van der Waals surface area contributed by atoms with Gasteiger partial charge in [-0.3, -0.25) is 9.48 Å². The van der Waals surface area contributed by atoms with Crippen LogP contribution in [0.25, 0.3) is 0 Å². The fourth-order valence-electron chi connectivity index (χ4n) is 1.23. The molecule has 0 fully saturated rings. The summed E-state index contributed by atoms with van der Waals surface area (Å²) >= 11 is 5.58. The molecule has 0 saturated carbocycles. The standard InChI is InChI=1S/C10H9ClF3N3O/c1-3-4-7(18)15-5-6-8(11)9(10(12,13)14)16-17(6)2/h5H2,1-2H3,(H,15,18). The lowest BCUT2D eigenvalue weighted by molar-refractivity contribution is -0.141. The normalized spacial score (nSPS) is 10.8. The molecule has 0 atom stereocenters. The van der Waals surface area contributed by atoms with Crippen molar-refractivity contribution in [2.24, 2.45) is 7.05 Å². The van der Waals surface area contributed by atoms with Crippen molar-refractivity contribution in [1.82, 2.24) is 15.1 Å². The minimum absolute atomic E-state index is 0.0650. The van der Waals surface area contributed by atoms with Crippen LogP contribution in [0.4, 0.5) is 13.2 Å². The summed E-state index contributed by atoms with van der Waals surface area (Å²) in [5.41, 5.74) is -1.10. The van der Waals surface area contributed by atoms with E-state index < -0.39 is 22.8 Å². The summed E-state index contributed by atoms with van der Waals surface area (Å²) in [7, 11) is 1.31. The number of nitrogens with zero attached hydrogens (tertiary/aromatic N) is 2. The van der Waals surface area contributed by atoms with Gasteiger partial charge in [-0.05, 0) is 12.8 Å². The van der Waals surface area contributed by atoms with Crippen molar-refractivity contribution in [3.8, 4) is 11.8 Å². The Labute approximate surface area is 106 Å². The van der Waals surface area contributed by atoms with Gasteiger partial charge < -0.3 is 5.32 Å². The van der Waals surface area contributed by atoms with Crippen molar-refractivity contribution in [3.63, 3.8) is 0 Å². The number of hydrogen-bond donors (Lipinski definition) is 1. The van der Waals surface area contributed by atoms with Gasteiger partial charge in [-0.15, -0.1) is 0 Å². The Hall–Kier alpha value is -1.68. The lowest BCUT2D eigenvalue weighted by Crippen LogP contribution is -2.22. The van der Waals surface area contributed by atoms with Crippen molar-refractivity contribution in [2.75, 3.05) is 0 Å². The molecule has 8 heteroatoms. The molecule has 1 aromatic heterocycles. The van der Waals surface area contributed by atoms with E-state index in [0.29, 0.717) is 0 Å². The van der Waals surface area contributed by atoms with Crippen LogP contribution in [0.15, 0.2) is 0 Å². The highest BCUT2D eigenvalue weighted by Gasteiger charge is 2.38. The van der Waals surface area contributed by atoms with E-state index in [-0.39, 0.29) is 12.2 Å². The molecule has 1 amide bonds. The average Bonchev–Trinajstić information content (AvgIpc) is 2.52. The Morgan fingerprint density at radius 1 is 1.56 bits per heavy atom. The van der Waals surface area contributed by atoms with Gasteiger partial charge in [-0.1, -0.05) is 17.5 Å². The maximum atomic E-state index is 12.5. The predicted octanol–water partition coefficient (Wildman–Crippen LogP) is 1.73. The molecule has 0 radical (unpaired) electrons. The number of hydrogen-bond acceptors (Lipinski definition) is 2. The Kier molecular flexibility index (Phi) is 4.24. The summed E-state index contributed by atoms with van der Waals surface area (Å²) in [6.07, 6.45) is -4.62. The van der Waals surface area contributed by atoms with Gasteiger partial charge in [0.15, 0.2) is 5.69 Å². The third-order valence-electron chi connectivity index (χ3n) is 2.03. The molecule has 1 rings (SSSR count). The first kappa shape index (κ1) is 14.4. The third-order valence-corrected chi connectivity index (χ3v) is 2.42. The minimum atomic E-state index is -4.62. The van der Waals surface area contributed by atoms with Crippen LogP contribution < -0.4 is 5.32 Å². The summed E-state index contributed by atoms with van der Waals surface area (Å²) in [4.78, 5) is 11.1. The summed E-state index contributed by atoms with van der Waals surface area (Å²) in [6, 6.07) is 0. The van der Waals surface area contributed by atoms with Gasteiger partial charge >= 0.3 is 6.18 Å². The van der Waals surface area contributed by atoms with E-state index in [1.807, 2.05) is 0 Å². The van der Waals surface area contributed by atoms with Crippen LogP contribution in [0.5, 0.6) is 0 Å². The summed E-state index contributed by atoms with van der Waals surface area (Å²) in [6.45, 7) is 1.30. The number of carbonyl (C=O) groups excluding carboxylic acids is 1. The van der Waals surface area contributed by atoms with Crippen molar-refractivity contribution < 1.29 is 18.0 Å². The number of amides is 1. The highest BCUT2D eigenvalue weighted by molar-refractivity contribution is 6.32. The largest absolute Gasteiger partial charge is 0.436 e. The van der Waals surface area contributed by atoms with E-state index in [1.165, 1.54) is 14.0 Å². The minimum Gasteiger partial charge on any atom is -0.340 e. The number of nitrogens with one attached hydrogen (secondary N) is 1. The fourth-order valence-corrected chi connectivity index (χ4v) is 1.56. The first-order valence-electron chi connectivity index (χ1n) is 4.76. The Balaban J connectivity index is 2.93. The van der Waals surface area contributed by atoms with E-state index in [4.69, 9.17) is 11.6 Å². The van der Waals surface area contributed by atoms with Crippen LogP contribution in [0.3, 0.4) is 0 Å². The van der Waals surface area contributed by atoms with Gasteiger partial charge in [0.2, 0.25) is 0 Å². The number of carbonyl (C=O) groups is 1. The van der Waals surface area contributed by atoms with Gasteiger partial charge in [0.1, 0.15) is 0 Å². The third kappa shape index (κ3) is 3.17. The van der Waals surface area contributed by atoms with Crippen molar-refractivity contribution >= 4 is 17.5 Å². The molecule has 0 aromatic carbocycles. The highest BCUT2D eigenvalue weighted by atomic mass is 35.5. The van der Waals surface area contributed by atoms with Crippen LogP contribution in [0.1, 0.15) is 18.3 Å². The molecule has 98 valence electrons. The number of halogens is 4. The van der Waals surface area contributed by atoms with Crippen molar-refractivity contribution in [2.45, 2.75) is 19.6 Å². The zero-order chi connectivity index (χ0) is 13.9. The lowest BCUT2D eigenvalue weighted by Gasteiger charge is -2.03. The van der Waals surface area contributed by atoms with E-state index in [0.717, 1.165) is 4.68 Å².